The van der Waals surface area contributed by atoms with E-state index in [1.165, 1.54) is 53.1 Å². The van der Waals surface area contributed by atoms with Gasteiger partial charge < -0.3 is 51.9 Å². The van der Waals surface area contributed by atoms with Crippen LogP contribution in [-0.2, 0) is 70.0 Å². The Morgan fingerprint density at radius 2 is 0.833 bits per heavy atom. The Hall–Kier alpha value is -2.14. The Kier molecular flexibility index (Phi) is 50.5. The summed E-state index contributed by atoms with van der Waals surface area (Å²) >= 11 is -5.76. The maximum Gasteiger partial charge on any atom is 0.409 e. The summed E-state index contributed by atoms with van der Waals surface area (Å²) in [7, 11) is -7.70. The molecule has 21 nitrogen and oxygen atoms in total. The molecular weight excluding hydrogens is 733 g/mol. The van der Waals surface area contributed by atoms with Crippen LogP contribution in [0.5, 0.6) is 0 Å². The number of hydrogen-bond donors (Lipinski definition) is 4. The number of hydrogen-bond acceptors (Lipinski definition) is 16. The van der Waals surface area contributed by atoms with E-state index in [-0.39, 0.29) is 39.3 Å². The molecule has 0 saturated carbocycles. The molecule has 0 aliphatic carbocycles. The summed E-state index contributed by atoms with van der Waals surface area (Å²) in [6.07, 6.45) is 2.11. The van der Waals surface area contributed by atoms with E-state index in [4.69, 9.17) is 28.0 Å². The molecule has 0 aromatic heterocycles. The molecule has 2 rings (SSSR count). The molecule has 0 aromatic carbocycles. The number of nitrogens with one attached hydrogen (secondary N) is 4. The predicted octanol–water partition coefficient (Wildman–Crippen LogP) is -4.35. The average molecular weight is 789 g/mol. The summed E-state index contributed by atoms with van der Waals surface area (Å²) in [4.78, 5) is 24.2. The van der Waals surface area contributed by atoms with Crippen molar-refractivity contribution in [1.82, 2.24) is 9.44 Å². The second kappa shape index (κ2) is 37.7. The zero-order valence-electron chi connectivity index (χ0n) is 26.1. The van der Waals surface area contributed by atoms with E-state index >= 15 is 0 Å². The molecule has 0 spiro atoms. The summed E-state index contributed by atoms with van der Waals surface area (Å²) in [6.45, 7) is 23.7. The highest BCUT2D eigenvalue weighted by Crippen LogP contribution is 2.06. The van der Waals surface area contributed by atoms with Gasteiger partial charge in [0.15, 0.2) is 0 Å². The molecule has 2 heterocycles. The number of quaternary nitrogens is 2. The van der Waals surface area contributed by atoms with Crippen molar-refractivity contribution in [2.45, 2.75) is 77.7 Å². The highest BCUT2D eigenvalue weighted by molar-refractivity contribution is 7.85. The third kappa shape index (κ3) is 46.0. The quantitative estimate of drug-likeness (QED) is 0.103. The fraction of sp³-hybridized carbons (Fsp3) is 0.739. The fourth-order valence-corrected chi connectivity index (χ4v) is 4.09. The van der Waals surface area contributed by atoms with E-state index in [9.17, 15) is 26.4 Å². The van der Waals surface area contributed by atoms with Gasteiger partial charge >= 0.3 is 20.6 Å². The predicted molar refractivity (Wildman–Crippen MR) is 173 cm³/mol. The Bertz CT molecular complexity index is 1030. The lowest BCUT2D eigenvalue weighted by molar-refractivity contribution is -0.894. The Morgan fingerprint density at radius 3 is 0.917 bits per heavy atom. The monoisotopic (exact) mass is 788 g/mol. The molecule has 0 bridgehead atoms. The zero-order valence-corrected chi connectivity index (χ0v) is 29.3. The second-order valence-electron chi connectivity index (χ2n) is 7.68. The number of rotatable bonds is 8. The number of carbonyl (C=O) groups excluding carboxylic acids is 2. The summed E-state index contributed by atoms with van der Waals surface area (Å²) in [5.74, 6) is -1.21. The lowest BCUT2D eigenvalue weighted by Gasteiger charge is -2.10. The smallest absolute Gasteiger partial charge is 0.409 e. The molecule has 296 valence electrons. The number of allylic oxidation sites excluding steroid dienone is 2. The van der Waals surface area contributed by atoms with Crippen molar-refractivity contribution in [3.05, 3.63) is 23.7 Å². The third-order valence-electron chi connectivity index (χ3n) is 4.71. The fourth-order valence-electron chi connectivity index (χ4n) is 2.61. The zero-order chi connectivity index (χ0) is 35.5. The number of carbonyl (C=O) groups is 2. The molecule has 0 fully saturated rings. The van der Waals surface area contributed by atoms with E-state index < -0.39 is 55.1 Å². The Labute approximate surface area is 291 Å². The van der Waals surface area contributed by atoms with Crippen molar-refractivity contribution in [1.29, 1.82) is 0 Å². The van der Waals surface area contributed by atoms with Gasteiger partial charge in [-0.1, -0.05) is 22.3 Å². The molecule has 2 aliphatic rings. The highest BCUT2D eigenvalue weighted by atomic mass is 32.2. The van der Waals surface area contributed by atoms with Crippen LogP contribution in [0.4, 0.5) is 0 Å². The van der Waals surface area contributed by atoms with Crippen molar-refractivity contribution in [2.75, 3.05) is 39.3 Å². The van der Waals surface area contributed by atoms with Crippen LogP contribution in [0.15, 0.2) is 23.7 Å². The SMILES string of the molecule is C.C.C.CC1=CC(=O)NS(=O)(=O)O1.CC1=CC(=O)NS(=O)(=O)O1.CC[NH+](CC)CC.CC[NH+](CC)CC.O.O=S([O-])O[O-].O=S([O-])O[O-]. The van der Waals surface area contributed by atoms with E-state index in [0.29, 0.717) is 0 Å². The van der Waals surface area contributed by atoms with Gasteiger partial charge in [-0.25, -0.2) is 17.9 Å². The summed E-state index contributed by atoms with van der Waals surface area (Å²) < 4.78 is 93.8. The summed E-state index contributed by atoms with van der Waals surface area (Å²) in [5, 5.41) is 17.0. The van der Waals surface area contributed by atoms with Crippen LogP contribution in [0.2, 0.25) is 0 Å². The van der Waals surface area contributed by atoms with Crippen molar-refractivity contribution in [3.8, 4) is 0 Å². The van der Waals surface area contributed by atoms with Crippen molar-refractivity contribution >= 4 is 55.1 Å². The molecule has 0 aromatic rings. The molecule has 0 saturated heterocycles. The van der Waals surface area contributed by atoms with Gasteiger partial charge in [-0.15, -0.1) is 0 Å². The van der Waals surface area contributed by atoms with Crippen LogP contribution in [0.3, 0.4) is 0 Å². The molecule has 25 heteroatoms. The minimum atomic E-state index is -3.85. The van der Waals surface area contributed by atoms with E-state index in [1.807, 2.05) is 0 Å². The summed E-state index contributed by atoms with van der Waals surface area (Å²) in [5.41, 5.74) is 0. The van der Waals surface area contributed by atoms with Gasteiger partial charge in [-0.3, -0.25) is 9.59 Å². The minimum absolute atomic E-state index is 0. The van der Waals surface area contributed by atoms with Crippen LogP contribution in [-0.4, -0.2) is 90.9 Å². The van der Waals surface area contributed by atoms with Gasteiger partial charge in [0.05, 0.1) is 62.0 Å². The van der Waals surface area contributed by atoms with Gasteiger partial charge in [-0.2, -0.15) is 16.8 Å². The molecule has 6 N–H and O–H groups in total. The van der Waals surface area contributed by atoms with Gasteiger partial charge in [0.25, 0.3) is 11.8 Å². The lowest BCUT2D eigenvalue weighted by Crippen LogP contribution is -3.11. The lowest BCUT2D eigenvalue weighted by atomic mass is 10.5. The molecule has 0 radical (unpaired) electrons. The standard InChI is InChI=1S/2C6H15N.2C4H5NO4S.3CH4.2H2O4S.H2O/c2*1-4-7(5-2)6-3;2*1-3-2-4(6)5-10(7,8)9-3;;;;2*1-4-5(2)3;/h2*4-6H2,1-3H3;2*2H,1H3,(H,5,6);3*1H4;2*1H,(H,2,3);1H2/p-2. The van der Waals surface area contributed by atoms with Crippen molar-refractivity contribution in [2.24, 2.45) is 0 Å². The molecule has 2 aliphatic heterocycles. The Balaban J connectivity index is -0.0000000670. The van der Waals surface area contributed by atoms with Crippen molar-refractivity contribution in [3.63, 3.8) is 0 Å². The topological polar surface area (TPSA) is 330 Å². The van der Waals surface area contributed by atoms with E-state index in [0.717, 1.165) is 12.2 Å². The molecular formula is C23H56N4O17S4-2. The maximum absolute atomic E-state index is 10.5. The normalized spacial score (nSPS) is 15.5. The van der Waals surface area contributed by atoms with Gasteiger partial charge in [0, 0.05) is 12.2 Å². The first kappa shape index (κ1) is 64.4. The first-order valence-electron chi connectivity index (χ1n) is 12.6. The number of amides is 2. The molecule has 48 heavy (non-hydrogen) atoms. The largest absolute Gasteiger partial charge is 0.750 e. The van der Waals surface area contributed by atoms with Gasteiger partial charge in [-0.05, 0) is 55.4 Å². The first-order valence-corrected chi connectivity index (χ1v) is 17.4. The molecule has 2 unspecified atom stereocenters. The van der Waals surface area contributed by atoms with Crippen molar-refractivity contribution < 1.29 is 86.8 Å². The van der Waals surface area contributed by atoms with Crippen LogP contribution >= 0.6 is 0 Å². The van der Waals surface area contributed by atoms with Crippen LogP contribution in [0.25, 0.3) is 0 Å². The third-order valence-corrected chi connectivity index (χ3v) is 6.80. The van der Waals surface area contributed by atoms with E-state index in [1.54, 1.807) is 19.2 Å². The van der Waals surface area contributed by atoms with Crippen LogP contribution in [0, 0.1) is 0 Å². The van der Waals surface area contributed by atoms with Crippen LogP contribution < -0.4 is 29.8 Å². The molecule has 2 atom stereocenters. The van der Waals surface area contributed by atoms with Gasteiger partial charge in [0.2, 0.25) is 0 Å². The first-order chi connectivity index (χ1) is 20.2. The average Bonchev–Trinajstić information content (AvgIpc) is 2.89. The van der Waals surface area contributed by atoms with Crippen LogP contribution in [0.1, 0.15) is 77.7 Å². The minimum Gasteiger partial charge on any atom is -0.750 e. The highest BCUT2D eigenvalue weighted by Gasteiger charge is 2.21. The summed E-state index contributed by atoms with van der Waals surface area (Å²) in [6, 6.07) is 0. The molecule has 2 amide bonds. The van der Waals surface area contributed by atoms with E-state index in [2.05, 4.69) is 58.6 Å². The Morgan fingerprint density at radius 1 is 0.646 bits per heavy atom. The second-order valence-corrected chi connectivity index (χ2v) is 11.3. The van der Waals surface area contributed by atoms with Gasteiger partial charge in [0.1, 0.15) is 11.5 Å². The maximum atomic E-state index is 10.5.